The van der Waals surface area contributed by atoms with Gasteiger partial charge < -0.3 is 9.53 Å². The smallest absolute Gasteiger partial charge is 0.305 e. The van der Waals surface area contributed by atoms with E-state index in [0.29, 0.717) is 12.8 Å². The molecule has 0 N–H and O–H groups in total. The number of carbonyl (C=O) groups excluding carboxylic acids is 2. The molecule has 0 unspecified atom stereocenters. The van der Waals surface area contributed by atoms with Gasteiger partial charge in [0.15, 0.2) is 0 Å². The Labute approximate surface area is 85.1 Å². The molecule has 0 atom stereocenters. The van der Waals surface area contributed by atoms with Gasteiger partial charge in [-0.05, 0) is 26.2 Å². The van der Waals surface area contributed by atoms with Gasteiger partial charge in [-0.25, -0.2) is 0 Å². The third kappa shape index (κ3) is 8.97. The second kappa shape index (κ2) is 8.48. The Morgan fingerprint density at radius 2 is 1.79 bits per heavy atom. The summed E-state index contributed by atoms with van der Waals surface area (Å²) in [6.45, 7) is 1.59. The monoisotopic (exact) mass is 198 g/mol. The van der Waals surface area contributed by atoms with E-state index in [-0.39, 0.29) is 11.8 Å². The number of ether oxygens (including phenoxy) is 1. The molecule has 0 amide bonds. The second-order valence-corrected chi connectivity index (χ2v) is 3.18. The van der Waals surface area contributed by atoms with Crippen LogP contribution in [0.2, 0.25) is 0 Å². The number of esters is 1. The van der Waals surface area contributed by atoms with Crippen molar-refractivity contribution in [1.29, 1.82) is 0 Å². The average molecular weight is 198 g/mol. The van der Waals surface area contributed by atoms with E-state index in [1.165, 1.54) is 7.11 Å². The minimum absolute atomic E-state index is 0.165. The van der Waals surface area contributed by atoms with E-state index in [1.807, 2.05) is 12.2 Å². The van der Waals surface area contributed by atoms with Crippen LogP contribution in [0.15, 0.2) is 12.2 Å². The molecule has 14 heavy (non-hydrogen) atoms. The molecule has 0 rings (SSSR count). The molecule has 0 fully saturated rings. The predicted octanol–water partition coefficient (Wildman–Crippen LogP) is 2.26. The summed E-state index contributed by atoms with van der Waals surface area (Å²) >= 11 is 0. The first-order chi connectivity index (χ1) is 6.66. The van der Waals surface area contributed by atoms with Crippen LogP contribution in [-0.2, 0) is 14.3 Å². The molecule has 0 spiro atoms. The summed E-state index contributed by atoms with van der Waals surface area (Å²) < 4.78 is 4.50. The van der Waals surface area contributed by atoms with E-state index in [2.05, 4.69) is 4.74 Å². The zero-order valence-corrected chi connectivity index (χ0v) is 8.91. The maximum Gasteiger partial charge on any atom is 0.305 e. The van der Waals surface area contributed by atoms with Gasteiger partial charge in [-0.1, -0.05) is 12.2 Å². The minimum atomic E-state index is -0.165. The maximum atomic E-state index is 10.7. The van der Waals surface area contributed by atoms with Crippen molar-refractivity contribution in [3.8, 4) is 0 Å². The Kier molecular flexibility index (Phi) is 7.80. The van der Waals surface area contributed by atoms with Crippen LogP contribution in [-0.4, -0.2) is 18.9 Å². The lowest BCUT2D eigenvalue weighted by molar-refractivity contribution is -0.140. The summed E-state index contributed by atoms with van der Waals surface area (Å²) in [5.74, 6) is 0.0475. The van der Waals surface area contributed by atoms with Gasteiger partial charge in [0.1, 0.15) is 5.78 Å². The number of unbranched alkanes of at least 4 members (excludes halogenated alkanes) is 1. The summed E-state index contributed by atoms with van der Waals surface area (Å²) in [6, 6.07) is 0. The lowest BCUT2D eigenvalue weighted by atomic mass is 10.2. The van der Waals surface area contributed by atoms with Gasteiger partial charge in [-0.2, -0.15) is 0 Å². The number of allylic oxidation sites excluding steroid dienone is 2. The van der Waals surface area contributed by atoms with Crippen molar-refractivity contribution >= 4 is 11.8 Å². The van der Waals surface area contributed by atoms with E-state index in [0.717, 1.165) is 19.3 Å². The zero-order valence-electron chi connectivity index (χ0n) is 8.91. The van der Waals surface area contributed by atoms with Gasteiger partial charge in [-0.15, -0.1) is 0 Å². The van der Waals surface area contributed by atoms with Crippen molar-refractivity contribution in [2.45, 2.75) is 39.0 Å². The minimum Gasteiger partial charge on any atom is -0.469 e. The van der Waals surface area contributed by atoms with Gasteiger partial charge in [0.25, 0.3) is 0 Å². The van der Waals surface area contributed by atoms with E-state index in [4.69, 9.17) is 0 Å². The van der Waals surface area contributed by atoms with Crippen molar-refractivity contribution < 1.29 is 14.3 Å². The Bertz CT molecular complexity index is 207. The molecule has 0 heterocycles. The third-order valence-electron chi connectivity index (χ3n) is 1.81. The van der Waals surface area contributed by atoms with E-state index >= 15 is 0 Å². The number of hydrogen-bond acceptors (Lipinski definition) is 3. The molecule has 80 valence electrons. The highest BCUT2D eigenvalue weighted by Gasteiger charge is 1.96. The van der Waals surface area contributed by atoms with Crippen molar-refractivity contribution in [1.82, 2.24) is 0 Å². The average Bonchev–Trinajstić information content (AvgIpc) is 2.15. The highest BCUT2D eigenvalue weighted by molar-refractivity contribution is 5.75. The standard InChI is InChI=1S/C11H18O3/c1-10(12)8-6-4-3-5-7-9-11(13)14-2/h3-4H,5-9H2,1-2H3. The summed E-state index contributed by atoms with van der Waals surface area (Å²) in [7, 11) is 1.39. The maximum absolute atomic E-state index is 10.7. The first-order valence-corrected chi connectivity index (χ1v) is 4.88. The largest absolute Gasteiger partial charge is 0.469 e. The van der Waals surface area contributed by atoms with Crippen LogP contribution in [0.4, 0.5) is 0 Å². The molecule has 0 radical (unpaired) electrons. The number of hydrogen-bond donors (Lipinski definition) is 0. The van der Waals surface area contributed by atoms with Gasteiger partial charge in [-0.3, -0.25) is 4.79 Å². The Morgan fingerprint density at radius 3 is 2.36 bits per heavy atom. The van der Waals surface area contributed by atoms with Crippen LogP contribution in [0.1, 0.15) is 39.0 Å². The number of carbonyl (C=O) groups is 2. The summed E-state index contributed by atoms with van der Waals surface area (Å²) in [6.07, 6.45) is 7.54. The molecule has 0 aromatic rings. The van der Waals surface area contributed by atoms with Crippen LogP contribution in [0, 0.1) is 0 Å². The topological polar surface area (TPSA) is 43.4 Å². The van der Waals surface area contributed by atoms with Gasteiger partial charge in [0.2, 0.25) is 0 Å². The first kappa shape index (κ1) is 12.9. The van der Waals surface area contributed by atoms with Gasteiger partial charge in [0, 0.05) is 12.8 Å². The molecule has 0 bridgehead atoms. The lowest BCUT2D eigenvalue weighted by Gasteiger charge is -1.95. The van der Waals surface area contributed by atoms with Crippen LogP contribution < -0.4 is 0 Å². The Hall–Kier alpha value is -1.12. The molecule has 0 saturated heterocycles. The first-order valence-electron chi connectivity index (χ1n) is 4.88. The van der Waals surface area contributed by atoms with Crippen LogP contribution in [0.25, 0.3) is 0 Å². The molecule has 3 nitrogen and oxygen atoms in total. The van der Waals surface area contributed by atoms with Gasteiger partial charge >= 0.3 is 5.97 Å². The van der Waals surface area contributed by atoms with Gasteiger partial charge in [0.05, 0.1) is 7.11 Å². The van der Waals surface area contributed by atoms with Crippen LogP contribution in [0.3, 0.4) is 0 Å². The SMILES string of the molecule is COC(=O)CCCC=CCCC(C)=O. The number of methoxy groups -OCH3 is 1. The molecule has 0 aliphatic rings. The summed E-state index contributed by atoms with van der Waals surface area (Å²) in [5, 5.41) is 0. The molecule has 0 aliphatic heterocycles. The summed E-state index contributed by atoms with van der Waals surface area (Å²) in [5.41, 5.74) is 0. The summed E-state index contributed by atoms with van der Waals surface area (Å²) in [4.78, 5) is 21.3. The molecule has 0 aliphatic carbocycles. The zero-order chi connectivity index (χ0) is 10.8. The molecular formula is C11H18O3. The van der Waals surface area contributed by atoms with E-state index < -0.39 is 0 Å². The fourth-order valence-corrected chi connectivity index (χ4v) is 0.989. The molecule has 0 aromatic carbocycles. The number of Topliss-reactive ketones (excluding diaryl/α,β-unsaturated/α-hetero) is 1. The highest BCUT2D eigenvalue weighted by Crippen LogP contribution is 2.00. The molecule has 0 aromatic heterocycles. The number of rotatable bonds is 7. The second-order valence-electron chi connectivity index (χ2n) is 3.18. The lowest BCUT2D eigenvalue weighted by Crippen LogP contribution is -1.98. The fourth-order valence-electron chi connectivity index (χ4n) is 0.989. The van der Waals surface area contributed by atoms with E-state index in [1.54, 1.807) is 6.92 Å². The molecule has 0 saturated carbocycles. The van der Waals surface area contributed by atoms with Crippen molar-refractivity contribution in [2.24, 2.45) is 0 Å². The molecular weight excluding hydrogens is 180 g/mol. The van der Waals surface area contributed by atoms with Crippen molar-refractivity contribution in [2.75, 3.05) is 7.11 Å². The van der Waals surface area contributed by atoms with E-state index in [9.17, 15) is 9.59 Å². The fraction of sp³-hybridized carbons (Fsp3) is 0.636. The highest BCUT2D eigenvalue weighted by atomic mass is 16.5. The normalized spacial score (nSPS) is 10.4. The number of ketones is 1. The van der Waals surface area contributed by atoms with Crippen LogP contribution in [0.5, 0.6) is 0 Å². The van der Waals surface area contributed by atoms with Crippen molar-refractivity contribution in [3.05, 3.63) is 12.2 Å². The van der Waals surface area contributed by atoms with Crippen molar-refractivity contribution in [3.63, 3.8) is 0 Å². The predicted molar refractivity (Wildman–Crippen MR) is 54.9 cm³/mol. The van der Waals surface area contributed by atoms with Crippen LogP contribution >= 0.6 is 0 Å². The Balaban J connectivity index is 3.27. The third-order valence-corrected chi connectivity index (χ3v) is 1.81. The quantitative estimate of drug-likeness (QED) is 0.358. The Morgan fingerprint density at radius 1 is 1.14 bits per heavy atom. The molecule has 3 heteroatoms.